The van der Waals surface area contributed by atoms with E-state index in [1.165, 1.54) is 42.6 Å². The van der Waals surface area contributed by atoms with Crippen LogP contribution >= 0.6 is 0 Å². The molecule has 0 N–H and O–H groups in total. The van der Waals surface area contributed by atoms with Crippen molar-refractivity contribution in [1.82, 2.24) is 10.2 Å². The Balaban J connectivity index is 1.51. The van der Waals surface area contributed by atoms with Gasteiger partial charge in [0.1, 0.15) is 5.75 Å². The molecular weight excluding hydrogens is 474 g/mol. The number of rotatable bonds is 8. The van der Waals surface area contributed by atoms with E-state index in [9.17, 15) is 26.3 Å². The van der Waals surface area contributed by atoms with Crippen LogP contribution in [0.1, 0.15) is 23.2 Å². The van der Waals surface area contributed by atoms with Gasteiger partial charge in [-0.1, -0.05) is 6.07 Å². The number of benzene rings is 2. The predicted octanol–water partition coefficient (Wildman–Crippen LogP) is 5.62. The summed E-state index contributed by atoms with van der Waals surface area (Å²) < 4.78 is 85.7. The van der Waals surface area contributed by atoms with Crippen LogP contribution in [0.2, 0.25) is 0 Å². The molecule has 0 saturated carbocycles. The van der Waals surface area contributed by atoms with Crippen LogP contribution in [-0.4, -0.2) is 41.6 Å². The first-order valence-electron chi connectivity index (χ1n) is 10.6. The number of hydrogen-bond acceptors (Lipinski definition) is 5. The van der Waals surface area contributed by atoms with Crippen molar-refractivity contribution in [2.24, 2.45) is 9.98 Å². The summed E-state index contributed by atoms with van der Waals surface area (Å²) in [5.74, 6) is -2.04. The highest BCUT2D eigenvalue weighted by Crippen LogP contribution is 2.38. The number of alkyl halides is 4. The number of ether oxygens (including phenoxy) is 1. The first-order valence-corrected chi connectivity index (χ1v) is 10.6. The van der Waals surface area contributed by atoms with Gasteiger partial charge >= 0.3 is 6.18 Å². The van der Waals surface area contributed by atoms with Gasteiger partial charge in [0, 0.05) is 24.6 Å². The molecule has 0 bridgehead atoms. The summed E-state index contributed by atoms with van der Waals surface area (Å²) in [5, 5.41) is 7.93. The molecule has 0 fully saturated rings. The van der Waals surface area contributed by atoms with Crippen molar-refractivity contribution in [3.05, 3.63) is 77.0 Å². The van der Waals surface area contributed by atoms with Gasteiger partial charge in [0.25, 0.3) is 0 Å². The maximum absolute atomic E-state index is 14.0. The fourth-order valence-corrected chi connectivity index (χ4v) is 3.44. The zero-order chi connectivity index (χ0) is 25.0. The summed E-state index contributed by atoms with van der Waals surface area (Å²) >= 11 is 0. The van der Waals surface area contributed by atoms with Crippen molar-refractivity contribution in [2.75, 3.05) is 13.3 Å². The molecule has 1 atom stereocenters. The first-order chi connectivity index (χ1) is 16.8. The number of hydrogen-bond donors (Lipinski definition) is 0. The normalized spacial score (nSPS) is 15.4. The lowest BCUT2D eigenvalue weighted by molar-refractivity contribution is -0.137. The third kappa shape index (κ3) is 5.67. The van der Waals surface area contributed by atoms with Crippen LogP contribution in [0.3, 0.4) is 0 Å². The van der Waals surface area contributed by atoms with E-state index in [2.05, 4.69) is 20.2 Å². The zero-order valence-corrected chi connectivity index (χ0v) is 18.1. The number of nitrogens with zero attached hydrogens (tertiary/aromatic N) is 4. The predicted molar refractivity (Wildman–Crippen MR) is 117 cm³/mol. The maximum Gasteiger partial charge on any atom is 0.417 e. The van der Waals surface area contributed by atoms with Crippen LogP contribution in [0.15, 0.2) is 58.5 Å². The molecule has 1 unspecified atom stereocenters. The minimum absolute atomic E-state index is 0.00231. The molecule has 1 aliphatic rings. The molecule has 0 saturated heterocycles. The molecule has 0 amide bonds. The molecule has 35 heavy (non-hydrogen) atoms. The Bertz CT molecular complexity index is 1260. The van der Waals surface area contributed by atoms with E-state index in [-0.39, 0.29) is 47.9 Å². The molecule has 11 heteroatoms. The summed E-state index contributed by atoms with van der Waals surface area (Å²) in [4.78, 5) is 8.29. The Morgan fingerprint density at radius 1 is 0.943 bits per heavy atom. The van der Waals surface area contributed by atoms with E-state index >= 15 is 0 Å². The van der Waals surface area contributed by atoms with Gasteiger partial charge in [-0.25, -0.2) is 13.8 Å². The van der Waals surface area contributed by atoms with Gasteiger partial charge in [-0.3, -0.25) is 9.38 Å². The lowest BCUT2D eigenvalue weighted by Crippen LogP contribution is -2.11. The van der Waals surface area contributed by atoms with Crippen molar-refractivity contribution in [1.29, 1.82) is 0 Å². The average molecular weight is 492 g/mol. The summed E-state index contributed by atoms with van der Waals surface area (Å²) in [6.07, 6.45) is -2.93. The van der Waals surface area contributed by atoms with E-state index in [1.54, 1.807) is 0 Å². The van der Waals surface area contributed by atoms with Gasteiger partial charge in [0.05, 0.1) is 41.8 Å². The average Bonchev–Trinajstić information content (AvgIpc) is 3.29. The molecule has 1 aliphatic heterocycles. The highest BCUT2D eigenvalue weighted by Gasteiger charge is 2.34. The minimum atomic E-state index is -4.67. The topological polar surface area (TPSA) is 59.7 Å². The first kappa shape index (κ1) is 24.4. The smallest absolute Gasteiger partial charge is 0.417 e. The number of halogens is 6. The van der Waals surface area contributed by atoms with E-state index < -0.39 is 36.1 Å². The molecule has 5 nitrogen and oxygen atoms in total. The Kier molecular flexibility index (Phi) is 7.13. The lowest BCUT2D eigenvalue weighted by atomic mass is 10.0. The van der Waals surface area contributed by atoms with Crippen LogP contribution in [0.4, 0.5) is 26.3 Å². The van der Waals surface area contributed by atoms with Crippen molar-refractivity contribution in [3.63, 3.8) is 0 Å². The lowest BCUT2D eigenvalue weighted by Gasteiger charge is -2.15. The molecular formula is C24H18F6N4O. The zero-order valence-electron chi connectivity index (χ0n) is 18.1. The Morgan fingerprint density at radius 3 is 2.49 bits per heavy atom. The SMILES string of the molecule is FCCCOc1ccc(-c2ccc(CC3C=NC(c4cccc(F)c4F)=N3)nn2)c(C(F)(F)F)c1. The molecule has 0 radical (unpaired) electrons. The summed E-state index contributed by atoms with van der Waals surface area (Å²) in [5.41, 5.74) is -0.774. The summed E-state index contributed by atoms with van der Waals surface area (Å²) in [7, 11) is 0. The van der Waals surface area contributed by atoms with Crippen LogP contribution in [0.5, 0.6) is 5.75 Å². The van der Waals surface area contributed by atoms with Gasteiger partial charge in [0.15, 0.2) is 17.5 Å². The Labute approximate surface area is 196 Å². The van der Waals surface area contributed by atoms with Crippen molar-refractivity contribution >= 4 is 12.1 Å². The second-order valence-electron chi connectivity index (χ2n) is 7.61. The van der Waals surface area contributed by atoms with Gasteiger partial charge in [-0.15, -0.1) is 0 Å². The van der Waals surface area contributed by atoms with Crippen molar-refractivity contribution in [2.45, 2.75) is 25.1 Å². The van der Waals surface area contributed by atoms with E-state index in [1.807, 2.05) is 0 Å². The fraction of sp³-hybridized carbons (Fsp3) is 0.250. The van der Waals surface area contributed by atoms with Gasteiger partial charge in [-0.2, -0.15) is 23.4 Å². The fourth-order valence-electron chi connectivity index (χ4n) is 3.44. The van der Waals surface area contributed by atoms with E-state index in [0.29, 0.717) is 5.69 Å². The highest BCUT2D eigenvalue weighted by molar-refractivity contribution is 6.07. The number of aliphatic imine (C=N–C) groups is 2. The summed E-state index contributed by atoms with van der Waals surface area (Å²) in [6.45, 7) is -0.671. The second kappa shape index (κ2) is 10.2. The van der Waals surface area contributed by atoms with Crippen molar-refractivity contribution < 1.29 is 31.1 Å². The van der Waals surface area contributed by atoms with Gasteiger partial charge < -0.3 is 4.74 Å². The Hall–Kier alpha value is -3.76. The summed E-state index contributed by atoms with van der Waals surface area (Å²) in [6, 6.07) is 9.53. The number of aromatic nitrogens is 2. The Morgan fingerprint density at radius 2 is 1.77 bits per heavy atom. The molecule has 0 spiro atoms. The van der Waals surface area contributed by atoms with Crippen LogP contribution in [0.25, 0.3) is 11.3 Å². The monoisotopic (exact) mass is 492 g/mol. The van der Waals surface area contributed by atoms with E-state index in [0.717, 1.165) is 12.1 Å². The van der Waals surface area contributed by atoms with Crippen LogP contribution in [0, 0.1) is 11.6 Å². The third-order valence-electron chi connectivity index (χ3n) is 5.11. The van der Waals surface area contributed by atoms with Crippen LogP contribution in [-0.2, 0) is 12.6 Å². The molecule has 2 heterocycles. The van der Waals surface area contributed by atoms with Gasteiger partial charge in [0.2, 0.25) is 0 Å². The maximum atomic E-state index is 14.0. The number of amidine groups is 1. The third-order valence-corrected chi connectivity index (χ3v) is 5.11. The largest absolute Gasteiger partial charge is 0.493 e. The van der Waals surface area contributed by atoms with E-state index in [4.69, 9.17) is 4.74 Å². The quantitative estimate of drug-likeness (QED) is 0.303. The molecule has 182 valence electrons. The molecule has 3 aromatic rings. The standard InChI is InChI=1S/C24H18F6N4O/c25-9-2-10-35-16-6-7-17(19(12-16)24(28,29)30)21-8-5-14(33-34-21)11-15-13-31-23(32-15)18-3-1-4-20(26)22(18)27/h1,3-8,12-13,15H,2,9-11H2. The molecule has 1 aromatic heterocycles. The highest BCUT2D eigenvalue weighted by atomic mass is 19.4. The van der Waals surface area contributed by atoms with Crippen molar-refractivity contribution in [3.8, 4) is 17.0 Å². The molecule has 4 rings (SSSR count). The second-order valence-corrected chi connectivity index (χ2v) is 7.61. The molecule has 2 aromatic carbocycles. The van der Waals surface area contributed by atoms with Crippen LogP contribution < -0.4 is 4.74 Å². The molecule has 0 aliphatic carbocycles. The van der Waals surface area contributed by atoms with Gasteiger partial charge in [-0.05, 0) is 42.5 Å². The minimum Gasteiger partial charge on any atom is -0.493 e.